The standard InChI is InChI=1S/C12H23NO4/c1-4-5-11(15-3)17-10(2)12(14)13-6-8-16-9-7-13/h10-11H,4-9H2,1-3H3/t10-,11?/m1/s1. The van der Waals surface area contributed by atoms with E-state index in [2.05, 4.69) is 6.92 Å². The number of nitrogens with zero attached hydrogens (tertiary/aromatic N) is 1. The summed E-state index contributed by atoms with van der Waals surface area (Å²) in [5.41, 5.74) is 0. The Morgan fingerprint density at radius 1 is 1.41 bits per heavy atom. The van der Waals surface area contributed by atoms with Crippen LogP contribution in [0.1, 0.15) is 26.7 Å². The first-order chi connectivity index (χ1) is 8.19. The molecule has 0 aromatic heterocycles. The lowest BCUT2D eigenvalue weighted by Crippen LogP contribution is -2.46. The van der Waals surface area contributed by atoms with E-state index < -0.39 is 6.10 Å². The first-order valence-corrected chi connectivity index (χ1v) is 6.23. The fraction of sp³-hybridized carbons (Fsp3) is 0.917. The Morgan fingerprint density at radius 2 is 2.06 bits per heavy atom. The molecule has 1 heterocycles. The van der Waals surface area contributed by atoms with Gasteiger partial charge in [0.2, 0.25) is 0 Å². The summed E-state index contributed by atoms with van der Waals surface area (Å²) in [7, 11) is 1.60. The monoisotopic (exact) mass is 245 g/mol. The first-order valence-electron chi connectivity index (χ1n) is 6.23. The summed E-state index contributed by atoms with van der Waals surface area (Å²) in [4.78, 5) is 13.8. The molecule has 0 aromatic carbocycles. The van der Waals surface area contributed by atoms with Crippen LogP contribution in [-0.4, -0.2) is 56.6 Å². The van der Waals surface area contributed by atoms with Gasteiger partial charge in [-0.15, -0.1) is 0 Å². The molecule has 1 aliphatic rings. The van der Waals surface area contributed by atoms with Crippen molar-refractivity contribution in [1.29, 1.82) is 0 Å². The SMILES string of the molecule is CCCC(OC)O[C@H](C)C(=O)N1CCOCC1. The smallest absolute Gasteiger partial charge is 0.251 e. The zero-order valence-corrected chi connectivity index (χ0v) is 11.0. The van der Waals surface area contributed by atoms with Gasteiger partial charge in [-0.1, -0.05) is 13.3 Å². The average molecular weight is 245 g/mol. The molecule has 5 nitrogen and oxygen atoms in total. The van der Waals surface area contributed by atoms with Gasteiger partial charge in [-0.3, -0.25) is 4.79 Å². The van der Waals surface area contributed by atoms with Crippen molar-refractivity contribution in [2.24, 2.45) is 0 Å². The van der Waals surface area contributed by atoms with Gasteiger partial charge in [-0.25, -0.2) is 0 Å². The van der Waals surface area contributed by atoms with Gasteiger partial charge in [-0.2, -0.15) is 0 Å². The van der Waals surface area contributed by atoms with Crippen molar-refractivity contribution in [2.75, 3.05) is 33.4 Å². The number of hydrogen-bond donors (Lipinski definition) is 0. The lowest BCUT2D eigenvalue weighted by molar-refractivity contribution is -0.178. The van der Waals surface area contributed by atoms with Crippen molar-refractivity contribution in [3.63, 3.8) is 0 Å². The second-order valence-electron chi connectivity index (χ2n) is 4.17. The van der Waals surface area contributed by atoms with E-state index >= 15 is 0 Å². The summed E-state index contributed by atoms with van der Waals surface area (Å²) >= 11 is 0. The maximum atomic E-state index is 12.0. The lowest BCUT2D eigenvalue weighted by Gasteiger charge is -2.30. The molecule has 1 aliphatic heterocycles. The van der Waals surface area contributed by atoms with Gasteiger partial charge in [0.15, 0.2) is 6.29 Å². The highest BCUT2D eigenvalue weighted by Gasteiger charge is 2.25. The molecule has 0 N–H and O–H groups in total. The van der Waals surface area contributed by atoms with Gasteiger partial charge in [0.1, 0.15) is 6.10 Å². The van der Waals surface area contributed by atoms with E-state index in [1.807, 2.05) is 0 Å². The maximum Gasteiger partial charge on any atom is 0.251 e. The summed E-state index contributed by atoms with van der Waals surface area (Å²) in [5.74, 6) is 0.0199. The zero-order chi connectivity index (χ0) is 12.7. The average Bonchev–Trinajstić information content (AvgIpc) is 2.38. The Morgan fingerprint density at radius 3 is 2.59 bits per heavy atom. The third-order valence-electron chi connectivity index (χ3n) is 2.81. The summed E-state index contributed by atoms with van der Waals surface area (Å²) in [6.07, 6.45) is 1.03. The number of hydrogen-bond acceptors (Lipinski definition) is 4. The van der Waals surface area contributed by atoms with Crippen LogP contribution in [0.4, 0.5) is 0 Å². The van der Waals surface area contributed by atoms with Crippen LogP contribution < -0.4 is 0 Å². The van der Waals surface area contributed by atoms with Gasteiger partial charge in [0.05, 0.1) is 13.2 Å². The highest BCUT2D eigenvalue weighted by atomic mass is 16.7. The zero-order valence-electron chi connectivity index (χ0n) is 11.0. The highest BCUT2D eigenvalue weighted by molar-refractivity contribution is 5.80. The van der Waals surface area contributed by atoms with Crippen LogP contribution >= 0.6 is 0 Å². The molecule has 0 aliphatic carbocycles. The van der Waals surface area contributed by atoms with Crippen molar-refractivity contribution in [2.45, 2.75) is 39.1 Å². The van der Waals surface area contributed by atoms with E-state index in [-0.39, 0.29) is 12.2 Å². The minimum absolute atomic E-state index is 0.0199. The predicted molar refractivity (Wildman–Crippen MR) is 63.7 cm³/mol. The first kappa shape index (κ1) is 14.4. The largest absolute Gasteiger partial charge is 0.378 e. The summed E-state index contributed by atoms with van der Waals surface area (Å²) in [5, 5.41) is 0. The van der Waals surface area contributed by atoms with Crippen LogP contribution in [0, 0.1) is 0 Å². The Balaban J connectivity index is 2.39. The van der Waals surface area contributed by atoms with Gasteiger partial charge in [-0.05, 0) is 13.3 Å². The number of carbonyl (C=O) groups excluding carboxylic acids is 1. The number of ether oxygens (including phenoxy) is 3. The summed E-state index contributed by atoms with van der Waals surface area (Å²) in [6.45, 7) is 6.36. The third-order valence-corrected chi connectivity index (χ3v) is 2.81. The highest BCUT2D eigenvalue weighted by Crippen LogP contribution is 2.09. The topological polar surface area (TPSA) is 48.0 Å². The number of methoxy groups -OCH3 is 1. The second kappa shape index (κ2) is 7.63. The van der Waals surface area contributed by atoms with E-state index in [0.29, 0.717) is 26.3 Å². The summed E-state index contributed by atoms with van der Waals surface area (Å²) < 4.78 is 16.0. The van der Waals surface area contributed by atoms with Crippen molar-refractivity contribution in [3.8, 4) is 0 Å². The van der Waals surface area contributed by atoms with E-state index in [1.165, 1.54) is 0 Å². The Labute approximate surface area is 103 Å². The molecule has 0 aromatic rings. The molecule has 1 saturated heterocycles. The van der Waals surface area contributed by atoms with Crippen molar-refractivity contribution in [3.05, 3.63) is 0 Å². The molecular weight excluding hydrogens is 222 g/mol. The van der Waals surface area contributed by atoms with Crippen molar-refractivity contribution >= 4 is 5.91 Å². The molecular formula is C12H23NO4. The lowest BCUT2D eigenvalue weighted by atomic mass is 10.3. The van der Waals surface area contributed by atoms with Crippen LogP contribution in [0.15, 0.2) is 0 Å². The summed E-state index contributed by atoms with van der Waals surface area (Å²) in [6, 6.07) is 0. The Hall–Kier alpha value is -0.650. The second-order valence-corrected chi connectivity index (χ2v) is 4.17. The fourth-order valence-electron chi connectivity index (χ4n) is 1.80. The molecule has 1 rings (SSSR count). The number of carbonyl (C=O) groups is 1. The maximum absolute atomic E-state index is 12.0. The van der Waals surface area contributed by atoms with Crippen LogP contribution in [-0.2, 0) is 19.0 Å². The van der Waals surface area contributed by atoms with Gasteiger partial charge >= 0.3 is 0 Å². The minimum atomic E-state index is -0.454. The number of rotatable bonds is 6. The molecule has 0 spiro atoms. The van der Waals surface area contributed by atoms with E-state index in [4.69, 9.17) is 14.2 Å². The van der Waals surface area contributed by atoms with E-state index in [0.717, 1.165) is 12.8 Å². The molecule has 2 atom stereocenters. The molecule has 0 radical (unpaired) electrons. The van der Waals surface area contributed by atoms with Crippen LogP contribution in [0.25, 0.3) is 0 Å². The minimum Gasteiger partial charge on any atom is -0.378 e. The van der Waals surface area contributed by atoms with E-state index in [9.17, 15) is 4.79 Å². The fourth-order valence-corrected chi connectivity index (χ4v) is 1.80. The van der Waals surface area contributed by atoms with E-state index in [1.54, 1.807) is 18.9 Å². The molecule has 1 amide bonds. The van der Waals surface area contributed by atoms with Gasteiger partial charge < -0.3 is 19.1 Å². The van der Waals surface area contributed by atoms with Crippen molar-refractivity contribution in [1.82, 2.24) is 4.90 Å². The molecule has 0 saturated carbocycles. The molecule has 1 fully saturated rings. The Kier molecular flexibility index (Phi) is 6.47. The van der Waals surface area contributed by atoms with Crippen LogP contribution in [0.2, 0.25) is 0 Å². The molecule has 5 heteroatoms. The Bertz CT molecular complexity index is 229. The van der Waals surface area contributed by atoms with Gasteiger partial charge in [0, 0.05) is 20.2 Å². The number of morpholine rings is 1. The number of amides is 1. The van der Waals surface area contributed by atoms with Crippen LogP contribution in [0.3, 0.4) is 0 Å². The molecule has 0 bridgehead atoms. The molecule has 17 heavy (non-hydrogen) atoms. The van der Waals surface area contributed by atoms with Crippen LogP contribution in [0.5, 0.6) is 0 Å². The predicted octanol–water partition coefficient (Wildman–Crippen LogP) is 1.02. The quantitative estimate of drug-likeness (QED) is 0.656. The van der Waals surface area contributed by atoms with Gasteiger partial charge in [0.25, 0.3) is 5.91 Å². The molecule has 1 unspecified atom stereocenters. The van der Waals surface area contributed by atoms with Crippen molar-refractivity contribution < 1.29 is 19.0 Å². The molecule has 100 valence electrons. The third kappa shape index (κ3) is 4.61. The normalized spacial score (nSPS) is 20.1.